The third-order valence-corrected chi connectivity index (χ3v) is 3.31. The molecular formula is C15H14FNO. The zero-order chi connectivity index (χ0) is 12.5. The molecule has 0 radical (unpaired) electrons. The monoisotopic (exact) mass is 243 g/mol. The first-order chi connectivity index (χ1) is 8.75. The second kappa shape index (κ2) is 4.42. The summed E-state index contributed by atoms with van der Waals surface area (Å²) in [5.74, 6) is 0.654. The van der Waals surface area contributed by atoms with Crippen molar-refractivity contribution >= 4 is 0 Å². The van der Waals surface area contributed by atoms with Crippen molar-refractivity contribution in [1.29, 1.82) is 0 Å². The van der Waals surface area contributed by atoms with Gasteiger partial charge in [-0.05, 0) is 23.3 Å². The molecule has 1 aliphatic heterocycles. The van der Waals surface area contributed by atoms with E-state index >= 15 is 0 Å². The highest BCUT2D eigenvalue weighted by molar-refractivity contribution is 5.43. The van der Waals surface area contributed by atoms with Crippen LogP contribution in [0.1, 0.15) is 22.7 Å². The molecule has 0 saturated heterocycles. The summed E-state index contributed by atoms with van der Waals surface area (Å²) in [5, 5.41) is 0. The maximum absolute atomic E-state index is 13.7. The lowest BCUT2D eigenvalue weighted by Gasteiger charge is -2.14. The van der Waals surface area contributed by atoms with Gasteiger partial charge in [-0.2, -0.15) is 0 Å². The van der Waals surface area contributed by atoms with Crippen LogP contribution in [0.3, 0.4) is 0 Å². The molecule has 0 fully saturated rings. The van der Waals surface area contributed by atoms with Crippen molar-refractivity contribution in [1.82, 2.24) is 0 Å². The minimum absolute atomic E-state index is 0.262. The quantitative estimate of drug-likeness (QED) is 0.880. The van der Waals surface area contributed by atoms with Crippen LogP contribution in [0.4, 0.5) is 4.39 Å². The summed E-state index contributed by atoms with van der Waals surface area (Å²) >= 11 is 0. The molecule has 1 heterocycles. The van der Waals surface area contributed by atoms with Gasteiger partial charge in [0.05, 0.1) is 12.6 Å². The first kappa shape index (κ1) is 11.2. The van der Waals surface area contributed by atoms with Crippen molar-refractivity contribution < 1.29 is 9.13 Å². The van der Waals surface area contributed by atoms with Crippen molar-refractivity contribution in [2.24, 2.45) is 5.73 Å². The van der Waals surface area contributed by atoms with Crippen LogP contribution < -0.4 is 10.5 Å². The van der Waals surface area contributed by atoms with Crippen LogP contribution in [-0.4, -0.2) is 6.61 Å². The van der Waals surface area contributed by atoms with Gasteiger partial charge in [-0.1, -0.05) is 30.3 Å². The van der Waals surface area contributed by atoms with Gasteiger partial charge in [0, 0.05) is 12.0 Å². The Hall–Kier alpha value is -1.87. The zero-order valence-electron chi connectivity index (χ0n) is 9.90. The third-order valence-electron chi connectivity index (χ3n) is 3.31. The molecule has 1 unspecified atom stereocenters. The Balaban J connectivity index is 1.98. The van der Waals surface area contributed by atoms with Gasteiger partial charge in [0.1, 0.15) is 11.6 Å². The van der Waals surface area contributed by atoms with Crippen LogP contribution in [-0.2, 0) is 6.42 Å². The molecule has 3 heteroatoms. The Kier molecular flexibility index (Phi) is 2.76. The number of ether oxygens (including phenoxy) is 1. The van der Waals surface area contributed by atoms with E-state index in [1.165, 1.54) is 6.07 Å². The molecule has 1 aliphatic rings. The minimum atomic E-state index is -0.433. The molecule has 0 saturated carbocycles. The molecule has 2 aromatic rings. The van der Waals surface area contributed by atoms with E-state index in [0.717, 1.165) is 23.3 Å². The van der Waals surface area contributed by atoms with Crippen molar-refractivity contribution in [2.75, 3.05) is 6.61 Å². The topological polar surface area (TPSA) is 35.2 Å². The number of hydrogen-bond donors (Lipinski definition) is 1. The Morgan fingerprint density at radius 1 is 1.17 bits per heavy atom. The first-order valence-corrected chi connectivity index (χ1v) is 6.01. The summed E-state index contributed by atoms with van der Waals surface area (Å²) in [7, 11) is 0. The lowest BCUT2D eigenvalue weighted by atomic mass is 9.97. The molecule has 92 valence electrons. The van der Waals surface area contributed by atoms with E-state index in [1.807, 2.05) is 18.2 Å². The van der Waals surface area contributed by atoms with Crippen molar-refractivity contribution in [3.8, 4) is 5.75 Å². The smallest absolute Gasteiger partial charge is 0.128 e. The van der Waals surface area contributed by atoms with Crippen LogP contribution in [0, 0.1) is 5.82 Å². The van der Waals surface area contributed by atoms with E-state index in [1.54, 1.807) is 18.2 Å². The fourth-order valence-corrected chi connectivity index (χ4v) is 2.31. The normalized spacial score (nSPS) is 15.0. The van der Waals surface area contributed by atoms with Gasteiger partial charge in [-0.25, -0.2) is 4.39 Å². The second-order valence-corrected chi connectivity index (χ2v) is 4.46. The minimum Gasteiger partial charge on any atom is -0.493 e. The summed E-state index contributed by atoms with van der Waals surface area (Å²) in [4.78, 5) is 0. The van der Waals surface area contributed by atoms with Gasteiger partial charge in [-0.15, -0.1) is 0 Å². The molecule has 1 atom stereocenters. The third kappa shape index (κ3) is 1.87. The van der Waals surface area contributed by atoms with Crippen LogP contribution in [0.15, 0.2) is 42.5 Å². The van der Waals surface area contributed by atoms with E-state index in [2.05, 4.69) is 0 Å². The summed E-state index contributed by atoms with van der Waals surface area (Å²) in [5.41, 5.74) is 8.73. The van der Waals surface area contributed by atoms with Gasteiger partial charge >= 0.3 is 0 Å². The molecule has 0 aliphatic carbocycles. The second-order valence-electron chi connectivity index (χ2n) is 4.46. The van der Waals surface area contributed by atoms with Crippen LogP contribution >= 0.6 is 0 Å². The van der Waals surface area contributed by atoms with E-state index in [4.69, 9.17) is 10.5 Å². The number of hydrogen-bond acceptors (Lipinski definition) is 2. The molecule has 3 rings (SSSR count). The highest BCUT2D eigenvalue weighted by Crippen LogP contribution is 2.30. The van der Waals surface area contributed by atoms with E-state index in [0.29, 0.717) is 12.2 Å². The number of nitrogens with two attached hydrogens (primary N) is 1. The van der Waals surface area contributed by atoms with Crippen LogP contribution in [0.5, 0.6) is 5.75 Å². The van der Waals surface area contributed by atoms with Crippen LogP contribution in [0.2, 0.25) is 0 Å². The fraction of sp³-hybridized carbons (Fsp3) is 0.200. The van der Waals surface area contributed by atoms with Crippen LogP contribution in [0.25, 0.3) is 0 Å². The molecule has 2 nitrogen and oxygen atoms in total. The molecule has 18 heavy (non-hydrogen) atoms. The van der Waals surface area contributed by atoms with E-state index < -0.39 is 6.04 Å². The fourth-order valence-electron chi connectivity index (χ4n) is 2.31. The summed E-state index contributed by atoms with van der Waals surface area (Å²) < 4.78 is 19.1. The Bertz CT molecular complexity index is 582. The van der Waals surface area contributed by atoms with Gasteiger partial charge in [0.25, 0.3) is 0 Å². The molecular weight excluding hydrogens is 229 g/mol. The van der Waals surface area contributed by atoms with Gasteiger partial charge in [0.15, 0.2) is 0 Å². The average Bonchev–Trinajstić information content (AvgIpc) is 2.85. The van der Waals surface area contributed by atoms with E-state index in [-0.39, 0.29) is 5.82 Å². The van der Waals surface area contributed by atoms with Gasteiger partial charge in [-0.3, -0.25) is 0 Å². The maximum Gasteiger partial charge on any atom is 0.128 e. The van der Waals surface area contributed by atoms with Crippen molar-refractivity contribution in [3.05, 3.63) is 65.0 Å². The Labute approximate surface area is 105 Å². The summed E-state index contributed by atoms with van der Waals surface area (Å²) in [6.07, 6.45) is 0.896. The number of fused-ring (bicyclic) bond motifs is 1. The lowest BCUT2D eigenvalue weighted by Crippen LogP contribution is -2.13. The molecule has 0 amide bonds. The predicted molar refractivity (Wildman–Crippen MR) is 68.1 cm³/mol. The Morgan fingerprint density at radius 2 is 2.00 bits per heavy atom. The largest absolute Gasteiger partial charge is 0.493 e. The molecule has 2 aromatic carbocycles. The predicted octanol–water partition coefficient (Wildman–Crippen LogP) is 2.81. The first-order valence-electron chi connectivity index (χ1n) is 6.01. The number of benzene rings is 2. The highest BCUT2D eigenvalue weighted by Gasteiger charge is 2.17. The summed E-state index contributed by atoms with van der Waals surface area (Å²) in [6.45, 7) is 0.716. The maximum atomic E-state index is 13.7. The molecule has 2 N–H and O–H groups in total. The lowest BCUT2D eigenvalue weighted by molar-refractivity contribution is 0.357. The van der Waals surface area contributed by atoms with Crippen molar-refractivity contribution in [3.63, 3.8) is 0 Å². The highest BCUT2D eigenvalue weighted by atomic mass is 19.1. The van der Waals surface area contributed by atoms with Gasteiger partial charge in [0.2, 0.25) is 0 Å². The number of rotatable bonds is 2. The Morgan fingerprint density at radius 3 is 2.83 bits per heavy atom. The number of halogens is 1. The van der Waals surface area contributed by atoms with Gasteiger partial charge < -0.3 is 10.5 Å². The molecule has 0 bridgehead atoms. The molecule has 0 spiro atoms. The zero-order valence-corrected chi connectivity index (χ0v) is 9.90. The van der Waals surface area contributed by atoms with E-state index in [9.17, 15) is 4.39 Å². The average molecular weight is 243 g/mol. The SMILES string of the molecule is NC(c1ccc2c(c1)CCO2)c1ccccc1F. The standard InChI is InChI=1S/C15H14FNO/c16-13-4-2-1-3-12(13)15(17)11-5-6-14-10(9-11)7-8-18-14/h1-6,9,15H,7-8,17H2. The van der Waals surface area contributed by atoms with Crippen molar-refractivity contribution in [2.45, 2.75) is 12.5 Å². The molecule has 0 aromatic heterocycles. The summed E-state index contributed by atoms with van der Waals surface area (Å²) in [6, 6.07) is 12.0.